The van der Waals surface area contributed by atoms with Gasteiger partial charge in [0.05, 0.1) is 12.2 Å². The molecule has 130 valence electrons. The fourth-order valence-corrected chi connectivity index (χ4v) is 2.72. The minimum Gasteiger partial charge on any atom is -0.311 e. The maximum Gasteiger partial charge on any atom is 0.0983 e. The van der Waals surface area contributed by atoms with Gasteiger partial charge in [-0.2, -0.15) is 5.10 Å². The van der Waals surface area contributed by atoms with Gasteiger partial charge < -0.3 is 10.2 Å². The van der Waals surface area contributed by atoms with Crippen molar-refractivity contribution in [1.82, 2.24) is 25.0 Å². The predicted molar refractivity (Wildman–Crippen MR) is 101 cm³/mol. The van der Waals surface area contributed by atoms with E-state index in [-0.39, 0.29) is 0 Å². The van der Waals surface area contributed by atoms with Gasteiger partial charge in [0.2, 0.25) is 0 Å². The van der Waals surface area contributed by atoms with Crippen molar-refractivity contribution in [2.75, 3.05) is 27.2 Å². The van der Waals surface area contributed by atoms with Crippen LogP contribution in [-0.4, -0.2) is 46.8 Å². The van der Waals surface area contributed by atoms with Crippen LogP contribution in [0.25, 0.3) is 11.3 Å². The molecular formula is C20H25N5. The predicted octanol–water partition coefficient (Wildman–Crippen LogP) is 2.64. The molecule has 3 aromatic rings. The van der Waals surface area contributed by atoms with Crippen LogP contribution in [-0.2, 0) is 13.1 Å². The normalized spacial score (nSPS) is 11.2. The Hall–Kier alpha value is -2.50. The third kappa shape index (κ3) is 4.98. The molecular weight excluding hydrogens is 310 g/mol. The van der Waals surface area contributed by atoms with E-state index in [9.17, 15) is 0 Å². The monoisotopic (exact) mass is 335 g/mol. The first-order chi connectivity index (χ1) is 12.2. The molecule has 25 heavy (non-hydrogen) atoms. The molecule has 0 unspecified atom stereocenters. The van der Waals surface area contributed by atoms with Crippen LogP contribution >= 0.6 is 0 Å². The highest BCUT2D eigenvalue weighted by molar-refractivity contribution is 5.61. The molecule has 5 nitrogen and oxygen atoms in total. The first-order valence-corrected chi connectivity index (χ1v) is 8.58. The van der Waals surface area contributed by atoms with Crippen molar-refractivity contribution in [3.05, 3.63) is 72.2 Å². The summed E-state index contributed by atoms with van der Waals surface area (Å²) in [6.07, 6.45) is 5.80. The number of aromatic nitrogens is 3. The lowest BCUT2D eigenvalue weighted by molar-refractivity contribution is 0.400. The van der Waals surface area contributed by atoms with Crippen molar-refractivity contribution < 1.29 is 0 Å². The molecule has 0 spiro atoms. The number of rotatable bonds is 8. The fourth-order valence-electron chi connectivity index (χ4n) is 2.72. The summed E-state index contributed by atoms with van der Waals surface area (Å²) in [5.74, 6) is 0. The zero-order valence-electron chi connectivity index (χ0n) is 14.9. The number of pyridine rings is 1. The molecule has 2 heterocycles. The summed E-state index contributed by atoms with van der Waals surface area (Å²) in [7, 11) is 4.17. The van der Waals surface area contributed by atoms with Crippen LogP contribution in [0, 0.1) is 0 Å². The summed E-state index contributed by atoms with van der Waals surface area (Å²) < 4.78 is 2.01. The Labute approximate surface area is 149 Å². The average Bonchev–Trinajstić information content (AvgIpc) is 3.03. The van der Waals surface area contributed by atoms with E-state index in [0.29, 0.717) is 0 Å². The maximum atomic E-state index is 4.82. The molecule has 0 aliphatic heterocycles. The van der Waals surface area contributed by atoms with Crippen LogP contribution in [0.4, 0.5) is 0 Å². The lowest BCUT2D eigenvalue weighted by atomic mass is 10.1. The van der Waals surface area contributed by atoms with E-state index < -0.39 is 0 Å². The number of benzene rings is 1. The van der Waals surface area contributed by atoms with Crippen molar-refractivity contribution >= 4 is 0 Å². The number of nitrogens with one attached hydrogen (secondary N) is 1. The van der Waals surface area contributed by atoms with Gasteiger partial charge in [0, 0.05) is 49.4 Å². The van der Waals surface area contributed by atoms with Crippen LogP contribution in [0.1, 0.15) is 11.1 Å². The van der Waals surface area contributed by atoms with Gasteiger partial charge in [-0.25, -0.2) is 0 Å². The molecule has 1 aromatic carbocycles. The van der Waals surface area contributed by atoms with Crippen molar-refractivity contribution in [2.24, 2.45) is 0 Å². The van der Waals surface area contributed by atoms with Gasteiger partial charge in [0.25, 0.3) is 0 Å². The topological polar surface area (TPSA) is 46.0 Å². The van der Waals surface area contributed by atoms with E-state index in [4.69, 9.17) is 5.10 Å². The molecule has 2 aromatic heterocycles. The van der Waals surface area contributed by atoms with Gasteiger partial charge in [0.1, 0.15) is 0 Å². The average molecular weight is 335 g/mol. The SMILES string of the molecule is CN(C)CCNCc1cn(Cc2ccccc2)nc1-c1cccnc1. The molecule has 1 N–H and O–H groups in total. The Balaban J connectivity index is 1.78. The van der Waals surface area contributed by atoms with E-state index >= 15 is 0 Å². The molecule has 0 fully saturated rings. The Morgan fingerprint density at radius 3 is 2.64 bits per heavy atom. The molecule has 3 rings (SSSR count). The highest BCUT2D eigenvalue weighted by Crippen LogP contribution is 2.21. The summed E-state index contributed by atoms with van der Waals surface area (Å²) in [4.78, 5) is 6.41. The minimum absolute atomic E-state index is 0.770. The van der Waals surface area contributed by atoms with Crippen molar-refractivity contribution in [2.45, 2.75) is 13.1 Å². The van der Waals surface area contributed by atoms with Gasteiger partial charge in [0.15, 0.2) is 0 Å². The fraction of sp³-hybridized carbons (Fsp3) is 0.300. The third-order valence-electron chi connectivity index (χ3n) is 4.01. The van der Waals surface area contributed by atoms with Crippen LogP contribution < -0.4 is 5.32 Å². The highest BCUT2D eigenvalue weighted by Gasteiger charge is 2.11. The third-order valence-corrected chi connectivity index (χ3v) is 4.01. The lowest BCUT2D eigenvalue weighted by Gasteiger charge is -2.10. The van der Waals surface area contributed by atoms with E-state index in [0.717, 1.165) is 37.4 Å². The van der Waals surface area contributed by atoms with Crippen LogP contribution in [0.2, 0.25) is 0 Å². The van der Waals surface area contributed by atoms with E-state index in [1.807, 2.05) is 23.0 Å². The van der Waals surface area contributed by atoms with Crippen LogP contribution in [0.15, 0.2) is 61.1 Å². The Kier molecular flexibility index (Phi) is 5.93. The Bertz CT molecular complexity index is 765. The molecule has 0 atom stereocenters. The minimum atomic E-state index is 0.770. The van der Waals surface area contributed by atoms with Gasteiger partial charge in [-0.15, -0.1) is 0 Å². The van der Waals surface area contributed by atoms with Gasteiger partial charge in [-0.1, -0.05) is 30.3 Å². The number of hydrogen-bond acceptors (Lipinski definition) is 4. The molecule has 0 amide bonds. The van der Waals surface area contributed by atoms with Gasteiger partial charge >= 0.3 is 0 Å². The molecule has 0 aliphatic carbocycles. The second-order valence-corrected chi connectivity index (χ2v) is 6.41. The van der Waals surface area contributed by atoms with E-state index in [2.05, 4.69) is 65.8 Å². The number of hydrogen-bond donors (Lipinski definition) is 1. The Morgan fingerprint density at radius 2 is 1.92 bits per heavy atom. The summed E-state index contributed by atoms with van der Waals surface area (Å²) in [5.41, 5.74) is 4.50. The smallest absolute Gasteiger partial charge is 0.0983 e. The molecule has 0 saturated carbocycles. The van der Waals surface area contributed by atoms with Crippen molar-refractivity contribution in [3.63, 3.8) is 0 Å². The summed E-state index contributed by atoms with van der Waals surface area (Å²) in [6, 6.07) is 14.4. The molecule has 5 heteroatoms. The number of likely N-dealkylation sites (N-methyl/N-ethyl adjacent to an activating group) is 1. The summed E-state index contributed by atoms with van der Waals surface area (Å²) in [6.45, 7) is 3.53. The lowest BCUT2D eigenvalue weighted by Crippen LogP contribution is -2.26. The zero-order chi connectivity index (χ0) is 17.5. The molecule has 0 aliphatic rings. The first-order valence-electron chi connectivity index (χ1n) is 8.58. The second kappa shape index (κ2) is 8.55. The van der Waals surface area contributed by atoms with E-state index in [1.54, 1.807) is 6.20 Å². The number of nitrogens with zero attached hydrogens (tertiary/aromatic N) is 4. The zero-order valence-corrected chi connectivity index (χ0v) is 14.9. The summed E-state index contributed by atoms with van der Waals surface area (Å²) in [5, 5.41) is 8.32. The Morgan fingerprint density at radius 1 is 1.08 bits per heavy atom. The molecule has 0 bridgehead atoms. The van der Waals surface area contributed by atoms with E-state index in [1.165, 1.54) is 11.1 Å². The van der Waals surface area contributed by atoms with Crippen molar-refractivity contribution in [1.29, 1.82) is 0 Å². The standard InChI is InChI=1S/C20H25N5/c1-24(2)12-11-22-14-19-16-25(15-17-7-4-3-5-8-17)23-20(19)18-9-6-10-21-13-18/h3-10,13,16,22H,11-12,14-15H2,1-2H3. The van der Waals surface area contributed by atoms with Crippen LogP contribution in [0.3, 0.4) is 0 Å². The largest absolute Gasteiger partial charge is 0.311 e. The maximum absolute atomic E-state index is 4.82. The second-order valence-electron chi connectivity index (χ2n) is 6.41. The molecule has 0 saturated heterocycles. The quantitative estimate of drug-likeness (QED) is 0.643. The summed E-state index contributed by atoms with van der Waals surface area (Å²) >= 11 is 0. The van der Waals surface area contributed by atoms with Gasteiger partial charge in [-0.05, 0) is 31.8 Å². The highest BCUT2D eigenvalue weighted by atomic mass is 15.3. The molecule has 0 radical (unpaired) electrons. The van der Waals surface area contributed by atoms with Gasteiger partial charge in [-0.3, -0.25) is 9.67 Å². The first kappa shape index (κ1) is 17.3. The van der Waals surface area contributed by atoms with Crippen LogP contribution in [0.5, 0.6) is 0 Å². The van der Waals surface area contributed by atoms with Crippen molar-refractivity contribution in [3.8, 4) is 11.3 Å².